The number of ether oxygens (including phenoxy) is 1. The van der Waals surface area contributed by atoms with Crippen LogP contribution in [-0.4, -0.2) is 23.1 Å². The van der Waals surface area contributed by atoms with Gasteiger partial charge in [-0.05, 0) is 19.3 Å². The minimum atomic E-state index is -1.15. The predicted octanol–water partition coefficient (Wildman–Crippen LogP) is 1.60. The zero-order valence-electron chi connectivity index (χ0n) is 8.69. The van der Waals surface area contributed by atoms with Gasteiger partial charge in [0.2, 0.25) is 0 Å². The quantitative estimate of drug-likeness (QED) is 0.541. The van der Waals surface area contributed by atoms with Crippen LogP contribution < -0.4 is 0 Å². The third-order valence-electron chi connectivity index (χ3n) is 1.48. The highest BCUT2D eigenvalue weighted by atomic mass is 16.5. The van der Waals surface area contributed by atoms with Crippen molar-refractivity contribution in [3.8, 4) is 0 Å². The maximum absolute atomic E-state index is 11.0. The summed E-state index contributed by atoms with van der Waals surface area (Å²) < 4.78 is 4.92. The third kappa shape index (κ3) is 7.34. The Bertz CT molecular complexity index is 230. The lowest BCUT2D eigenvalue weighted by Crippen LogP contribution is -2.15. The second-order valence-corrected chi connectivity index (χ2v) is 3.55. The Balaban J connectivity index is 3.88. The molecule has 0 heterocycles. The molecule has 4 heteroatoms. The molecular formula is C10H16O4. The summed E-state index contributed by atoms with van der Waals surface area (Å²) in [5, 5.41) is 8.25. The van der Waals surface area contributed by atoms with Gasteiger partial charge < -0.3 is 9.84 Å². The van der Waals surface area contributed by atoms with Gasteiger partial charge in [0, 0.05) is 12.2 Å². The van der Waals surface area contributed by atoms with E-state index in [9.17, 15) is 9.59 Å². The van der Waals surface area contributed by atoms with E-state index < -0.39 is 11.9 Å². The molecule has 4 nitrogen and oxygen atoms in total. The smallest absolute Gasteiger partial charge is 0.331 e. The van der Waals surface area contributed by atoms with Crippen LogP contribution in [-0.2, 0) is 14.3 Å². The fraction of sp³-hybridized carbons (Fsp3) is 0.600. The summed E-state index contributed by atoms with van der Waals surface area (Å²) >= 11 is 0. The molecule has 0 aromatic carbocycles. The zero-order valence-corrected chi connectivity index (χ0v) is 8.69. The van der Waals surface area contributed by atoms with Crippen molar-refractivity contribution in [3.05, 3.63) is 12.2 Å². The van der Waals surface area contributed by atoms with Crippen molar-refractivity contribution in [3.63, 3.8) is 0 Å². The summed E-state index contributed by atoms with van der Waals surface area (Å²) in [5.74, 6) is -1.32. The average Bonchev–Trinajstić information content (AvgIpc) is 1.98. The topological polar surface area (TPSA) is 63.6 Å². The van der Waals surface area contributed by atoms with Gasteiger partial charge >= 0.3 is 11.9 Å². The van der Waals surface area contributed by atoms with E-state index in [1.165, 1.54) is 0 Å². The molecule has 80 valence electrons. The molecule has 0 aromatic rings. The third-order valence-corrected chi connectivity index (χ3v) is 1.48. The lowest BCUT2D eigenvalue weighted by Gasteiger charge is -2.13. The van der Waals surface area contributed by atoms with Crippen LogP contribution in [0.5, 0.6) is 0 Å². The molecule has 0 bridgehead atoms. The minimum absolute atomic E-state index is 0.180. The Morgan fingerprint density at radius 1 is 1.29 bits per heavy atom. The molecule has 1 atom stereocenters. The number of hydrogen-bond acceptors (Lipinski definition) is 3. The fourth-order valence-corrected chi connectivity index (χ4v) is 1.09. The lowest BCUT2D eigenvalue weighted by atomic mass is 10.1. The van der Waals surface area contributed by atoms with Crippen LogP contribution in [0.15, 0.2) is 12.2 Å². The van der Waals surface area contributed by atoms with Crippen LogP contribution in [0.3, 0.4) is 0 Å². The molecule has 0 spiro atoms. The van der Waals surface area contributed by atoms with Crippen LogP contribution >= 0.6 is 0 Å². The number of rotatable bonds is 5. The zero-order chi connectivity index (χ0) is 11.1. The largest absolute Gasteiger partial charge is 0.478 e. The summed E-state index contributed by atoms with van der Waals surface area (Å²) in [6.07, 6.45) is 2.27. The maximum atomic E-state index is 11.0. The molecule has 0 aliphatic carbocycles. The Labute approximate surface area is 83.6 Å². The highest BCUT2D eigenvalue weighted by Gasteiger charge is 2.08. The van der Waals surface area contributed by atoms with E-state index in [4.69, 9.17) is 9.84 Å². The lowest BCUT2D eigenvalue weighted by molar-refractivity contribution is -0.143. The van der Waals surface area contributed by atoms with Crippen LogP contribution in [0.25, 0.3) is 0 Å². The number of carboxylic acid groups (broad SMARTS) is 1. The van der Waals surface area contributed by atoms with Gasteiger partial charge in [-0.15, -0.1) is 0 Å². The molecular weight excluding hydrogens is 184 g/mol. The SMILES string of the molecule is CC(C)CC(C)OC(=O)C=CC(=O)O. The Morgan fingerprint density at radius 2 is 1.86 bits per heavy atom. The molecule has 0 fully saturated rings. The van der Waals surface area contributed by atoms with Gasteiger partial charge in [-0.25, -0.2) is 9.59 Å². The molecule has 0 radical (unpaired) electrons. The first-order valence-corrected chi connectivity index (χ1v) is 4.53. The van der Waals surface area contributed by atoms with E-state index in [1.54, 1.807) is 6.92 Å². The monoisotopic (exact) mass is 200 g/mol. The van der Waals surface area contributed by atoms with Gasteiger partial charge in [-0.3, -0.25) is 0 Å². The van der Waals surface area contributed by atoms with Crippen molar-refractivity contribution in [2.45, 2.75) is 33.3 Å². The van der Waals surface area contributed by atoms with Crippen molar-refractivity contribution < 1.29 is 19.4 Å². The van der Waals surface area contributed by atoms with Crippen molar-refractivity contribution >= 4 is 11.9 Å². The van der Waals surface area contributed by atoms with Gasteiger partial charge in [-0.1, -0.05) is 13.8 Å². The first-order chi connectivity index (χ1) is 6.41. The van der Waals surface area contributed by atoms with Gasteiger partial charge in [-0.2, -0.15) is 0 Å². The highest BCUT2D eigenvalue weighted by Crippen LogP contribution is 2.07. The summed E-state index contributed by atoms with van der Waals surface area (Å²) in [6.45, 7) is 5.83. The average molecular weight is 200 g/mol. The van der Waals surface area contributed by atoms with Crippen molar-refractivity contribution in [2.75, 3.05) is 0 Å². The molecule has 0 aliphatic heterocycles. The second kappa shape index (κ2) is 6.18. The van der Waals surface area contributed by atoms with E-state index in [0.717, 1.165) is 18.6 Å². The molecule has 0 saturated carbocycles. The van der Waals surface area contributed by atoms with Gasteiger partial charge in [0.15, 0.2) is 0 Å². The molecule has 0 rings (SSSR count). The van der Waals surface area contributed by atoms with E-state index >= 15 is 0 Å². The molecule has 1 N–H and O–H groups in total. The summed E-state index contributed by atoms with van der Waals surface area (Å²) in [4.78, 5) is 21.0. The number of aliphatic carboxylic acids is 1. The van der Waals surface area contributed by atoms with Crippen molar-refractivity contribution in [2.24, 2.45) is 5.92 Å². The molecule has 0 amide bonds. The number of carbonyl (C=O) groups excluding carboxylic acids is 1. The summed E-state index contributed by atoms with van der Waals surface area (Å²) in [6, 6.07) is 0. The predicted molar refractivity (Wildman–Crippen MR) is 51.8 cm³/mol. The minimum Gasteiger partial charge on any atom is -0.478 e. The van der Waals surface area contributed by atoms with Crippen molar-refractivity contribution in [1.82, 2.24) is 0 Å². The van der Waals surface area contributed by atoms with Crippen LogP contribution in [0, 0.1) is 5.92 Å². The first-order valence-electron chi connectivity index (χ1n) is 4.53. The molecule has 14 heavy (non-hydrogen) atoms. The van der Waals surface area contributed by atoms with Gasteiger partial charge in [0.1, 0.15) is 0 Å². The Morgan fingerprint density at radius 3 is 2.29 bits per heavy atom. The van der Waals surface area contributed by atoms with Crippen LogP contribution in [0.1, 0.15) is 27.2 Å². The second-order valence-electron chi connectivity index (χ2n) is 3.55. The number of carboxylic acids is 1. The van der Waals surface area contributed by atoms with Gasteiger partial charge in [0.25, 0.3) is 0 Å². The Kier molecular flexibility index (Phi) is 5.60. The summed E-state index contributed by atoms with van der Waals surface area (Å²) in [7, 11) is 0. The van der Waals surface area contributed by atoms with Crippen LogP contribution in [0.4, 0.5) is 0 Å². The van der Waals surface area contributed by atoms with Gasteiger partial charge in [0.05, 0.1) is 6.10 Å². The van der Waals surface area contributed by atoms with Crippen LogP contribution in [0.2, 0.25) is 0 Å². The molecule has 0 aromatic heterocycles. The first kappa shape index (κ1) is 12.7. The normalized spacial score (nSPS) is 13.1. The molecule has 0 aliphatic rings. The summed E-state index contributed by atoms with van der Waals surface area (Å²) in [5.41, 5.74) is 0. The van der Waals surface area contributed by atoms with E-state index in [-0.39, 0.29) is 6.10 Å². The number of esters is 1. The maximum Gasteiger partial charge on any atom is 0.331 e. The molecule has 0 saturated heterocycles. The van der Waals surface area contributed by atoms with Crippen molar-refractivity contribution in [1.29, 1.82) is 0 Å². The number of hydrogen-bond donors (Lipinski definition) is 1. The molecule has 1 unspecified atom stereocenters. The highest BCUT2D eigenvalue weighted by molar-refractivity contribution is 5.90. The van der Waals surface area contributed by atoms with E-state index in [1.807, 2.05) is 13.8 Å². The Hall–Kier alpha value is -1.32. The van der Waals surface area contributed by atoms with E-state index in [0.29, 0.717) is 5.92 Å². The number of carbonyl (C=O) groups is 2. The standard InChI is InChI=1S/C10H16O4/c1-7(2)6-8(3)14-10(13)5-4-9(11)12/h4-5,7-8H,6H2,1-3H3,(H,11,12). The van der Waals surface area contributed by atoms with E-state index in [2.05, 4.69) is 0 Å². The fourth-order valence-electron chi connectivity index (χ4n) is 1.09.